The van der Waals surface area contributed by atoms with Gasteiger partial charge in [0.1, 0.15) is 0 Å². The summed E-state index contributed by atoms with van der Waals surface area (Å²) in [7, 11) is 0. The van der Waals surface area contributed by atoms with E-state index in [1.54, 1.807) is 6.07 Å². The Bertz CT molecular complexity index is 504. The van der Waals surface area contributed by atoms with Crippen LogP contribution in [-0.2, 0) is 9.53 Å². The zero-order valence-corrected chi connectivity index (χ0v) is 11.3. The average Bonchev–Trinajstić information content (AvgIpc) is 2.85. The number of carbonyl (C=O) groups is 2. The lowest BCUT2D eigenvalue weighted by atomic mass is 10.2. The Labute approximate surface area is 117 Å². The summed E-state index contributed by atoms with van der Waals surface area (Å²) < 4.78 is 5.30. The zero-order chi connectivity index (χ0) is 14.5. The van der Waals surface area contributed by atoms with Crippen molar-refractivity contribution in [2.24, 2.45) is 0 Å². The largest absolute Gasteiger partial charge is 0.479 e. The molecule has 108 valence electrons. The Hall–Kier alpha value is -2.08. The van der Waals surface area contributed by atoms with E-state index in [0.29, 0.717) is 19.4 Å². The second kappa shape index (κ2) is 6.38. The Balaban J connectivity index is 1.75. The average molecular weight is 278 g/mol. The van der Waals surface area contributed by atoms with Gasteiger partial charge in [0.2, 0.25) is 0 Å². The van der Waals surface area contributed by atoms with E-state index in [-0.39, 0.29) is 12.1 Å². The summed E-state index contributed by atoms with van der Waals surface area (Å²) in [4.78, 5) is 22.4. The van der Waals surface area contributed by atoms with Crippen molar-refractivity contribution < 1.29 is 19.4 Å². The Morgan fingerprint density at radius 2 is 2.20 bits per heavy atom. The van der Waals surface area contributed by atoms with Crippen LogP contribution in [0.3, 0.4) is 0 Å². The van der Waals surface area contributed by atoms with Crippen molar-refractivity contribution in [1.29, 1.82) is 0 Å². The minimum Gasteiger partial charge on any atom is -0.479 e. The third kappa shape index (κ3) is 3.96. The van der Waals surface area contributed by atoms with E-state index < -0.39 is 12.1 Å². The Kier molecular flexibility index (Phi) is 4.57. The quantitative estimate of drug-likeness (QED) is 0.783. The van der Waals surface area contributed by atoms with Crippen LogP contribution in [0.4, 0.5) is 10.5 Å². The van der Waals surface area contributed by atoms with Gasteiger partial charge in [-0.2, -0.15) is 0 Å². The molecule has 2 atom stereocenters. The summed E-state index contributed by atoms with van der Waals surface area (Å²) >= 11 is 0. The topological polar surface area (TPSA) is 87.7 Å². The summed E-state index contributed by atoms with van der Waals surface area (Å²) in [6, 6.07) is 7.16. The van der Waals surface area contributed by atoms with Gasteiger partial charge in [0.05, 0.1) is 6.10 Å². The van der Waals surface area contributed by atoms with Crippen LogP contribution in [0.5, 0.6) is 0 Å². The van der Waals surface area contributed by atoms with Gasteiger partial charge in [0.15, 0.2) is 6.10 Å². The van der Waals surface area contributed by atoms with Crippen LogP contribution in [0, 0.1) is 6.92 Å². The molecule has 1 saturated heterocycles. The van der Waals surface area contributed by atoms with E-state index in [4.69, 9.17) is 9.84 Å². The number of ether oxygens (including phenoxy) is 1. The molecule has 1 aromatic carbocycles. The van der Waals surface area contributed by atoms with Crippen molar-refractivity contribution in [3.63, 3.8) is 0 Å². The lowest BCUT2D eigenvalue weighted by Gasteiger charge is -2.13. The highest BCUT2D eigenvalue weighted by Gasteiger charge is 2.30. The monoisotopic (exact) mass is 278 g/mol. The first kappa shape index (κ1) is 14.3. The van der Waals surface area contributed by atoms with Gasteiger partial charge in [-0.3, -0.25) is 0 Å². The number of carbonyl (C=O) groups excluding carboxylic acids is 1. The van der Waals surface area contributed by atoms with Crippen molar-refractivity contribution in [2.75, 3.05) is 11.9 Å². The smallest absolute Gasteiger partial charge is 0.332 e. The van der Waals surface area contributed by atoms with Crippen LogP contribution in [0.25, 0.3) is 0 Å². The predicted molar refractivity (Wildman–Crippen MR) is 73.7 cm³/mol. The Morgan fingerprint density at radius 3 is 2.85 bits per heavy atom. The number of carboxylic acids is 1. The minimum atomic E-state index is -0.947. The maximum absolute atomic E-state index is 11.7. The molecule has 6 heteroatoms. The molecule has 3 N–H and O–H groups in total. The molecule has 20 heavy (non-hydrogen) atoms. The molecule has 1 fully saturated rings. The molecule has 0 aliphatic carbocycles. The number of rotatable bonds is 4. The first-order valence-electron chi connectivity index (χ1n) is 6.54. The molecule has 0 bridgehead atoms. The van der Waals surface area contributed by atoms with Crippen LogP contribution in [0.15, 0.2) is 24.3 Å². The van der Waals surface area contributed by atoms with Crippen molar-refractivity contribution in [2.45, 2.75) is 32.0 Å². The third-order valence-corrected chi connectivity index (χ3v) is 3.15. The van der Waals surface area contributed by atoms with Gasteiger partial charge in [-0.05, 0) is 37.5 Å². The van der Waals surface area contributed by atoms with E-state index >= 15 is 0 Å². The van der Waals surface area contributed by atoms with Crippen molar-refractivity contribution >= 4 is 17.7 Å². The highest BCUT2D eigenvalue weighted by molar-refractivity contribution is 5.89. The highest BCUT2D eigenvalue weighted by Crippen LogP contribution is 2.19. The molecule has 1 heterocycles. The van der Waals surface area contributed by atoms with Crippen LogP contribution in [0.1, 0.15) is 18.4 Å². The predicted octanol–water partition coefficient (Wildman–Crippen LogP) is 1.75. The van der Waals surface area contributed by atoms with Gasteiger partial charge in [0, 0.05) is 12.2 Å². The number of urea groups is 1. The number of nitrogens with one attached hydrogen (secondary N) is 2. The summed E-state index contributed by atoms with van der Waals surface area (Å²) in [5.74, 6) is -0.947. The van der Waals surface area contributed by atoms with E-state index in [9.17, 15) is 9.59 Å². The van der Waals surface area contributed by atoms with Gasteiger partial charge >= 0.3 is 12.0 Å². The number of aryl methyl sites for hydroxylation is 1. The molecule has 0 aromatic heterocycles. The molecule has 2 rings (SSSR count). The number of carboxylic acid groups (broad SMARTS) is 1. The van der Waals surface area contributed by atoms with Crippen molar-refractivity contribution in [1.82, 2.24) is 5.32 Å². The van der Waals surface area contributed by atoms with Crippen molar-refractivity contribution in [3.05, 3.63) is 29.8 Å². The first-order valence-corrected chi connectivity index (χ1v) is 6.54. The molecule has 0 radical (unpaired) electrons. The summed E-state index contributed by atoms with van der Waals surface area (Å²) in [6.07, 6.45) is 0.143. The van der Waals surface area contributed by atoms with E-state index in [0.717, 1.165) is 11.3 Å². The minimum absolute atomic E-state index is 0.237. The zero-order valence-electron chi connectivity index (χ0n) is 11.3. The molecular formula is C14H18N2O4. The van der Waals surface area contributed by atoms with E-state index in [1.807, 2.05) is 25.1 Å². The fourth-order valence-corrected chi connectivity index (χ4v) is 2.14. The number of aliphatic carboxylic acids is 1. The van der Waals surface area contributed by atoms with Gasteiger partial charge in [-0.1, -0.05) is 12.1 Å². The SMILES string of the molecule is Cc1cccc(NC(=O)NCC2CCC(C(=O)O)O2)c1. The molecular weight excluding hydrogens is 260 g/mol. The summed E-state index contributed by atoms with van der Waals surface area (Å²) in [6.45, 7) is 2.25. The molecule has 0 saturated carbocycles. The first-order chi connectivity index (χ1) is 9.54. The van der Waals surface area contributed by atoms with Gasteiger partial charge in [0.25, 0.3) is 0 Å². The molecule has 6 nitrogen and oxygen atoms in total. The van der Waals surface area contributed by atoms with Gasteiger partial charge in [-0.25, -0.2) is 9.59 Å². The molecule has 1 aliphatic heterocycles. The maximum Gasteiger partial charge on any atom is 0.332 e. The van der Waals surface area contributed by atoms with Gasteiger partial charge < -0.3 is 20.5 Å². The van der Waals surface area contributed by atoms with E-state index in [2.05, 4.69) is 10.6 Å². The normalized spacial score (nSPS) is 21.4. The molecule has 0 spiro atoms. The number of anilines is 1. The lowest BCUT2D eigenvalue weighted by molar-refractivity contribution is -0.149. The van der Waals surface area contributed by atoms with Crippen molar-refractivity contribution in [3.8, 4) is 0 Å². The second-order valence-corrected chi connectivity index (χ2v) is 4.87. The molecule has 1 aliphatic rings. The molecule has 2 amide bonds. The lowest BCUT2D eigenvalue weighted by Crippen LogP contribution is -2.35. The van der Waals surface area contributed by atoms with Crippen LogP contribution in [-0.4, -0.2) is 35.9 Å². The molecule has 2 unspecified atom stereocenters. The standard InChI is InChI=1S/C14H18N2O4/c1-9-3-2-4-10(7-9)16-14(19)15-8-11-5-6-12(20-11)13(17)18/h2-4,7,11-12H,5-6,8H2,1H3,(H,17,18)(H2,15,16,19). The van der Waals surface area contributed by atoms with Gasteiger partial charge in [-0.15, -0.1) is 0 Å². The number of hydrogen-bond acceptors (Lipinski definition) is 3. The number of benzene rings is 1. The second-order valence-electron chi connectivity index (χ2n) is 4.87. The number of hydrogen-bond donors (Lipinski definition) is 3. The van der Waals surface area contributed by atoms with Crippen LogP contribution in [0.2, 0.25) is 0 Å². The van der Waals surface area contributed by atoms with Crippen LogP contribution >= 0.6 is 0 Å². The highest BCUT2D eigenvalue weighted by atomic mass is 16.5. The maximum atomic E-state index is 11.7. The Morgan fingerprint density at radius 1 is 1.40 bits per heavy atom. The number of amides is 2. The fourth-order valence-electron chi connectivity index (χ4n) is 2.14. The summed E-state index contributed by atoms with van der Waals surface area (Å²) in [5, 5.41) is 14.2. The molecule has 1 aromatic rings. The fraction of sp³-hybridized carbons (Fsp3) is 0.429. The van der Waals surface area contributed by atoms with Crippen LogP contribution < -0.4 is 10.6 Å². The van der Waals surface area contributed by atoms with E-state index in [1.165, 1.54) is 0 Å². The summed E-state index contributed by atoms with van der Waals surface area (Å²) in [5.41, 5.74) is 1.78. The third-order valence-electron chi connectivity index (χ3n) is 3.15.